The van der Waals surface area contributed by atoms with Crippen molar-refractivity contribution in [3.63, 3.8) is 0 Å². The molecule has 1 aromatic carbocycles. The van der Waals surface area contributed by atoms with Gasteiger partial charge in [0.1, 0.15) is 10.8 Å². The second-order valence-corrected chi connectivity index (χ2v) is 8.04. The molecule has 2 N–H and O–H groups in total. The molecule has 0 unspecified atom stereocenters. The summed E-state index contributed by atoms with van der Waals surface area (Å²) in [6.45, 7) is 3.95. The molecular formula is C20H23FN2O2S2. The predicted octanol–water partition coefficient (Wildman–Crippen LogP) is 5.45. The smallest absolute Gasteiger partial charge is 0.341 e. The number of carbonyl (C=O) groups is 1. The van der Waals surface area contributed by atoms with Crippen LogP contribution in [0.5, 0.6) is 0 Å². The molecule has 0 radical (unpaired) electrons. The van der Waals surface area contributed by atoms with Crippen molar-refractivity contribution in [1.29, 1.82) is 0 Å². The largest absolute Gasteiger partial charge is 0.462 e. The lowest BCUT2D eigenvalue weighted by atomic mass is 10.1. The monoisotopic (exact) mass is 406 g/mol. The zero-order valence-corrected chi connectivity index (χ0v) is 17.1. The van der Waals surface area contributed by atoms with Crippen LogP contribution in [-0.4, -0.2) is 17.7 Å². The molecule has 144 valence electrons. The molecule has 3 rings (SSSR count). The van der Waals surface area contributed by atoms with Gasteiger partial charge in [-0.2, -0.15) is 0 Å². The van der Waals surface area contributed by atoms with Crippen molar-refractivity contribution in [3.8, 4) is 0 Å². The lowest BCUT2D eigenvalue weighted by Crippen LogP contribution is -2.21. The average Bonchev–Trinajstić information content (AvgIpc) is 2.78. The quantitative estimate of drug-likeness (QED) is 0.402. The van der Waals surface area contributed by atoms with E-state index in [2.05, 4.69) is 10.6 Å². The molecule has 2 aromatic rings. The zero-order chi connectivity index (χ0) is 19.4. The maximum Gasteiger partial charge on any atom is 0.341 e. The Morgan fingerprint density at radius 1 is 1.26 bits per heavy atom. The van der Waals surface area contributed by atoms with Crippen molar-refractivity contribution in [1.82, 2.24) is 0 Å². The van der Waals surface area contributed by atoms with Crippen molar-refractivity contribution in [3.05, 3.63) is 45.6 Å². The number of thiophene rings is 1. The highest BCUT2D eigenvalue weighted by Gasteiger charge is 2.26. The molecule has 4 nitrogen and oxygen atoms in total. The van der Waals surface area contributed by atoms with E-state index in [4.69, 9.17) is 17.0 Å². The fourth-order valence-electron chi connectivity index (χ4n) is 3.27. The number of hydrogen-bond acceptors (Lipinski definition) is 4. The topological polar surface area (TPSA) is 50.4 Å². The summed E-state index contributed by atoms with van der Waals surface area (Å²) in [5.74, 6) is -0.594. The highest BCUT2D eigenvalue weighted by molar-refractivity contribution is 7.80. The van der Waals surface area contributed by atoms with Crippen LogP contribution in [0.1, 0.15) is 52.5 Å². The Morgan fingerprint density at radius 2 is 2.04 bits per heavy atom. The minimum Gasteiger partial charge on any atom is -0.462 e. The van der Waals surface area contributed by atoms with Crippen LogP contribution in [0.25, 0.3) is 0 Å². The SMILES string of the molecule is CCOC(=O)c1c(NC(=S)Nc2ccc(F)cc2C)sc2c1CCCCC2. The molecule has 1 aliphatic rings. The van der Waals surface area contributed by atoms with E-state index >= 15 is 0 Å². The molecule has 1 aliphatic carbocycles. The second-order valence-electron chi connectivity index (χ2n) is 6.53. The number of rotatable bonds is 4. The third-order valence-electron chi connectivity index (χ3n) is 4.56. The van der Waals surface area contributed by atoms with Crippen molar-refractivity contribution in [2.75, 3.05) is 17.2 Å². The molecular weight excluding hydrogens is 383 g/mol. The Balaban J connectivity index is 1.84. The van der Waals surface area contributed by atoms with Gasteiger partial charge in [-0.25, -0.2) is 9.18 Å². The van der Waals surface area contributed by atoms with E-state index in [-0.39, 0.29) is 11.8 Å². The van der Waals surface area contributed by atoms with Gasteiger partial charge in [-0.05, 0) is 81.1 Å². The normalized spacial score (nSPS) is 13.4. The summed E-state index contributed by atoms with van der Waals surface area (Å²) < 4.78 is 18.6. The van der Waals surface area contributed by atoms with E-state index in [9.17, 15) is 9.18 Å². The van der Waals surface area contributed by atoms with Gasteiger partial charge >= 0.3 is 5.97 Å². The van der Waals surface area contributed by atoms with Gasteiger partial charge in [-0.3, -0.25) is 0 Å². The Labute approximate surface area is 168 Å². The maximum atomic E-state index is 13.3. The van der Waals surface area contributed by atoms with Gasteiger partial charge in [-0.15, -0.1) is 11.3 Å². The van der Waals surface area contributed by atoms with E-state index in [0.717, 1.165) is 47.5 Å². The summed E-state index contributed by atoms with van der Waals surface area (Å²) >= 11 is 7.00. The Kier molecular flexibility index (Phi) is 6.44. The van der Waals surface area contributed by atoms with E-state index in [1.165, 1.54) is 23.4 Å². The third kappa shape index (κ3) is 4.65. The van der Waals surface area contributed by atoms with Crippen molar-refractivity contribution in [2.45, 2.75) is 46.0 Å². The van der Waals surface area contributed by atoms with Crippen LogP contribution in [0.15, 0.2) is 18.2 Å². The first-order valence-corrected chi connectivity index (χ1v) is 10.4. The van der Waals surface area contributed by atoms with E-state index < -0.39 is 0 Å². The average molecular weight is 407 g/mol. The maximum absolute atomic E-state index is 13.3. The van der Waals surface area contributed by atoms with Gasteiger partial charge in [0.15, 0.2) is 5.11 Å². The molecule has 27 heavy (non-hydrogen) atoms. The standard InChI is InChI=1S/C20H23FN2O2S2/c1-3-25-19(24)17-14-7-5-4-6-8-16(14)27-18(17)23-20(26)22-15-10-9-13(21)11-12(15)2/h9-11H,3-8H2,1-2H3,(H2,22,23,26). The molecule has 0 spiro atoms. The predicted molar refractivity (Wildman–Crippen MR) is 113 cm³/mol. The Bertz CT molecular complexity index is 864. The van der Waals surface area contributed by atoms with Crippen molar-refractivity contribution < 1.29 is 13.9 Å². The molecule has 0 amide bonds. The minimum absolute atomic E-state index is 0.288. The summed E-state index contributed by atoms with van der Waals surface area (Å²) in [7, 11) is 0. The first-order valence-electron chi connectivity index (χ1n) is 9.15. The molecule has 0 saturated carbocycles. The molecule has 7 heteroatoms. The van der Waals surface area contributed by atoms with Gasteiger partial charge in [0.25, 0.3) is 0 Å². The summed E-state index contributed by atoms with van der Waals surface area (Å²) in [5.41, 5.74) is 3.19. The van der Waals surface area contributed by atoms with Crippen LogP contribution in [0.4, 0.5) is 15.1 Å². The molecule has 1 aromatic heterocycles. The van der Waals surface area contributed by atoms with E-state index in [0.29, 0.717) is 17.3 Å². The number of fused-ring (bicyclic) bond motifs is 1. The number of nitrogens with one attached hydrogen (secondary N) is 2. The van der Waals surface area contributed by atoms with E-state index in [1.54, 1.807) is 24.3 Å². The van der Waals surface area contributed by atoms with Crippen LogP contribution in [-0.2, 0) is 17.6 Å². The summed E-state index contributed by atoms with van der Waals surface area (Å²) in [6, 6.07) is 4.48. The lowest BCUT2D eigenvalue weighted by Gasteiger charge is -2.13. The number of aryl methyl sites for hydroxylation is 2. The van der Waals surface area contributed by atoms with Crippen LogP contribution < -0.4 is 10.6 Å². The Hall–Kier alpha value is -1.99. The summed E-state index contributed by atoms with van der Waals surface area (Å²) in [4.78, 5) is 13.8. The van der Waals surface area contributed by atoms with Gasteiger partial charge in [0.05, 0.1) is 12.2 Å². The van der Waals surface area contributed by atoms with Gasteiger partial charge in [-0.1, -0.05) is 6.42 Å². The summed E-state index contributed by atoms with van der Waals surface area (Å²) in [6.07, 6.45) is 5.25. The van der Waals surface area contributed by atoms with Gasteiger partial charge in [0.2, 0.25) is 0 Å². The minimum atomic E-state index is -0.305. The second kappa shape index (κ2) is 8.80. The van der Waals surface area contributed by atoms with Crippen LogP contribution in [0, 0.1) is 12.7 Å². The number of benzene rings is 1. The number of carbonyl (C=O) groups excluding carboxylic acids is 1. The molecule has 0 saturated heterocycles. The number of anilines is 2. The van der Waals surface area contributed by atoms with Crippen molar-refractivity contribution >= 4 is 45.3 Å². The first kappa shape index (κ1) is 19.8. The van der Waals surface area contributed by atoms with Gasteiger partial charge < -0.3 is 15.4 Å². The summed E-state index contributed by atoms with van der Waals surface area (Å²) in [5, 5.41) is 7.33. The van der Waals surface area contributed by atoms with E-state index in [1.807, 2.05) is 6.92 Å². The number of ether oxygens (including phenoxy) is 1. The Morgan fingerprint density at radius 3 is 2.78 bits per heavy atom. The number of halogens is 1. The lowest BCUT2D eigenvalue weighted by molar-refractivity contribution is 0.0527. The molecule has 0 fully saturated rings. The highest BCUT2D eigenvalue weighted by atomic mass is 32.1. The fourth-order valence-corrected chi connectivity index (χ4v) is 4.83. The molecule has 0 atom stereocenters. The molecule has 0 bridgehead atoms. The number of thiocarbonyl (C=S) groups is 1. The number of esters is 1. The highest BCUT2D eigenvalue weighted by Crippen LogP contribution is 2.38. The number of hydrogen-bond donors (Lipinski definition) is 2. The molecule has 1 heterocycles. The van der Waals surface area contributed by atoms with Crippen LogP contribution in [0.3, 0.4) is 0 Å². The molecule has 0 aliphatic heterocycles. The van der Waals surface area contributed by atoms with Crippen molar-refractivity contribution in [2.24, 2.45) is 0 Å². The zero-order valence-electron chi connectivity index (χ0n) is 15.5. The van der Waals surface area contributed by atoms with Gasteiger partial charge in [0, 0.05) is 10.6 Å². The first-order chi connectivity index (χ1) is 13.0. The fraction of sp³-hybridized carbons (Fsp3) is 0.400. The van der Waals surface area contributed by atoms with Crippen LogP contribution in [0.2, 0.25) is 0 Å². The third-order valence-corrected chi connectivity index (χ3v) is 5.98. The van der Waals surface area contributed by atoms with Crippen LogP contribution >= 0.6 is 23.6 Å².